The Bertz CT molecular complexity index is 533. The molecule has 2 amide bonds. The monoisotopic (exact) mass is 377 g/mol. The average molecular weight is 378 g/mol. The summed E-state index contributed by atoms with van der Waals surface area (Å²) < 4.78 is 5.37. The first-order valence-corrected chi connectivity index (χ1v) is 11.1. The quantitative estimate of drug-likeness (QED) is 0.752. The average Bonchev–Trinajstić information content (AvgIpc) is 2.73. The highest BCUT2D eigenvalue weighted by Gasteiger charge is 2.37. The van der Waals surface area contributed by atoms with Crippen LogP contribution in [-0.4, -0.2) is 85.0 Å². The van der Waals surface area contributed by atoms with Gasteiger partial charge in [0.1, 0.15) is 0 Å². The number of nitrogens with zero attached hydrogens (tertiary/aromatic N) is 3. The largest absolute Gasteiger partial charge is 0.378 e. The summed E-state index contributed by atoms with van der Waals surface area (Å²) in [6.07, 6.45) is 9.52. The molecule has 0 radical (unpaired) electrons. The number of morpholine rings is 1. The van der Waals surface area contributed by atoms with Gasteiger partial charge in [-0.05, 0) is 51.0 Å². The molecule has 3 aliphatic heterocycles. The van der Waals surface area contributed by atoms with Gasteiger partial charge in [0.2, 0.25) is 11.8 Å². The molecule has 6 heteroatoms. The summed E-state index contributed by atoms with van der Waals surface area (Å²) in [5, 5.41) is 0. The number of ether oxygens (including phenoxy) is 1. The van der Waals surface area contributed by atoms with Gasteiger partial charge < -0.3 is 14.5 Å². The molecule has 3 heterocycles. The summed E-state index contributed by atoms with van der Waals surface area (Å²) in [6.45, 7) is 5.84. The number of likely N-dealkylation sites (tertiary alicyclic amines) is 2. The lowest BCUT2D eigenvalue weighted by Gasteiger charge is -2.45. The summed E-state index contributed by atoms with van der Waals surface area (Å²) in [4.78, 5) is 32.3. The van der Waals surface area contributed by atoms with Gasteiger partial charge in [-0.15, -0.1) is 0 Å². The zero-order valence-electron chi connectivity index (χ0n) is 16.6. The predicted molar refractivity (Wildman–Crippen MR) is 103 cm³/mol. The molecule has 3 unspecified atom stereocenters. The van der Waals surface area contributed by atoms with Crippen LogP contribution in [0.1, 0.15) is 51.4 Å². The van der Waals surface area contributed by atoms with Crippen LogP contribution < -0.4 is 0 Å². The first-order chi connectivity index (χ1) is 13.2. The van der Waals surface area contributed by atoms with Gasteiger partial charge in [0.25, 0.3) is 0 Å². The Morgan fingerprint density at radius 2 is 1.59 bits per heavy atom. The lowest BCUT2D eigenvalue weighted by molar-refractivity contribution is -0.144. The van der Waals surface area contributed by atoms with Crippen LogP contribution in [-0.2, 0) is 14.3 Å². The van der Waals surface area contributed by atoms with E-state index in [9.17, 15) is 9.59 Å². The van der Waals surface area contributed by atoms with E-state index in [0.29, 0.717) is 44.8 Å². The van der Waals surface area contributed by atoms with Crippen molar-refractivity contribution >= 4 is 11.8 Å². The molecule has 1 saturated carbocycles. The van der Waals surface area contributed by atoms with Crippen molar-refractivity contribution in [2.45, 2.75) is 57.4 Å². The van der Waals surface area contributed by atoms with E-state index in [1.807, 2.05) is 4.90 Å². The van der Waals surface area contributed by atoms with Crippen LogP contribution in [0.4, 0.5) is 0 Å². The molecule has 0 N–H and O–H groups in total. The Hall–Kier alpha value is -1.14. The zero-order chi connectivity index (χ0) is 18.6. The van der Waals surface area contributed by atoms with E-state index in [1.54, 1.807) is 0 Å². The molecule has 0 aromatic rings. The number of carbonyl (C=O) groups is 2. The molecule has 0 aromatic carbocycles. The summed E-state index contributed by atoms with van der Waals surface area (Å²) in [6, 6.07) is 0.482. The van der Waals surface area contributed by atoms with Crippen molar-refractivity contribution in [3.63, 3.8) is 0 Å². The van der Waals surface area contributed by atoms with E-state index in [-0.39, 0.29) is 11.8 Å². The molecule has 0 bridgehead atoms. The molecule has 4 rings (SSSR count). The fourth-order valence-corrected chi connectivity index (χ4v) is 5.66. The van der Waals surface area contributed by atoms with E-state index in [0.717, 1.165) is 44.8 Å². The molecule has 6 nitrogen and oxygen atoms in total. The van der Waals surface area contributed by atoms with Crippen LogP contribution in [0.25, 0.3) is 0 Å². The van der Waals surface area contributed by atoms with Gasteiger partial charge in [-0.25, -0.2) is 0 Å². The zero-order valence-corrected chi connectivity index (χ0v) is 16.6. The van der Waals surface area contributed by atoms with Crippen molar-refractivity contribution in [2.75, 3.05) is 52.5 Å². The standard InChI is InChI=1S/C21H35N3O3/c25-20(24-10-4-6-17-5-1-2-8-19(17)24)16-22-9-3-7-18(15-22)21(26)23-11-13-27-14-12-23/h17-19H,1-16H2. The number of amides is 2. The van der Waals surface area contributed by atoms with Gasteiger partial charge in [0, 0.05) is 32.2 Å². The van der Waals surface area contributed by atoms with Gasteiger partial charge in [0.15, 0.2) is 0 Å². The smallest absolute Gasteiger partial charge is 0.237 e. The SMILES string of the molecule is O=C(C1CCCN(CC(=O)N2CCCC3CCCCC32)C1)N1CCOCC1. The first kappa shape index (κ1) is 19.2. The van der Waals surface area contributed by atoms with E-state index in [1.165, 1.54) is 32.1 Å². The third-order valence-electron chi connectivity index (χ3n) is 7.10. The Morgan fingerprint density at radius 1 is 0.852 bits per heavy atom. The first-order valence-electron chi connectivity index (χ1n) is 11.1. The highest BCUT2D eigenvalue weighted by Crippen LogP contribution is 2.35. The van der Waals surface area contributed by atoms with Crippen molar-refractivity contribution in [1.29, 1.82) is 0 Å². The van der Waals surface area contributed by atoms with Crippen molar-refractivity contribution in [2.24, 2.45) is 11.8 Å². The maximum Gasteiger partial charge on any atom is 0.237 e. The van der Waals surface area contributed by atoms with Gasteiger partial charge in [-0.1, -0.05) is 12.8 Å². The third-order valence-corrected chi connectivity index (χ3v) is 7.10. The normalized spacial score (nSPS) is 32.8. The van der Waals surface area contributed by atoms with Gasteiger partial charge in [0.05, 0.1) is 25.7 Å². The lowest BCUT2D eigenvalue weighted by Crippen LogP contribution is -2.54. The topological polar surface area (TPSA) is 53.1 Å². The molecule has 1 aliphatic carbocycles. The number of carbonyl (C=O) groups excluding carboxylic acids is 2. The molecule has 0 aromatic heterocycles. The molecular weight excluding hydrogens is 342 g/mol. The van der Waals surface area contributed by atoms with Crippen LogP contribution in [0.3, 0.4) is 0 Å². The van der Waals surface area contributed by atoms with E-state index in [2.05, 4.69) is 9.80 Å². The maximum absolute atomic E-state index is 13.1. The number of hydrogen-bond donors (Lipinski definition) is 0. The minimum Gasteiger partial charge on any atom is -0.378 e. The summed E-state index contributed by atoms with van der Waals surface area (Å²) >= 11 is 0. The van der Waals surface area contributed by atoms with Crippen molar-refractivity contribution in [1.82, 2.24) is 14.7 Å². The molecular formula is C21H35N3O3. The van der Waals surface area contributed by atoms with Crippen molar-refractivity contribution in [3.8, 4) is 0 Å². The summed E-state index contributed by atoms with van der Waals surface area (Å²) in [7, 11) is 0. The highest BCUT2D eigenvalue weighted by atomic mass is 16.5. The third kappa shape index (κ3) is 4.48. The Morgan fingerprint density at radius 3 is 2.44 bits per heavy atom. The number of hydrogen-bond acceptors (Lipinski definition) is 4. The number of fused-ring (bicyclic) bond motifs is 1. The Kier molecular flexibility index (Phi) is 6.33. The van der Waals surface area contributed by atoms with E-state index >= 15 is 0 Å². The summed E-state index contributed by atoms with van der Waals surface area (Å²) in [5.74, 6) is 1.34. The fourth-order valence-electron chi connectivity index (χ4n) is 5.66. The minimum atomic E-state index is 0.0495. The Labute approximate surface area is 163 Å². The molecule has 3 atom stereocenters. The van der Waals surface area contributed by atoms with Gasteiger partial charge >= 0.3 is 0 Å². The minimum absolute atomic E-state index is 0.0495. The van der Waals surface area contributed by atoms with Crippen LogP contribution >= 0.6 is 0 Å². The van der Waals surface area contributed by atoms with Crippen molar-refractivity contribution < 1.29 is 14.3 Å². The second kappa shape index (κ2) is 8.91. The Balaban J connectivity index is 1.31. The van der Waals surface area contributed by atoms with Crippen LogP contribution in [0.15, 0.2) is 0 Å². The molecule has 4 aliphatic rings. The predicted octanol–water partition coefficient (Wildman–Crippen LogP) is 1.74. The second-order valence-corrected chi connectivity index (χ2v) is 8.85. The molecule has 152 valence electrons. The molecule has 4 fully saturated rings. The van der Waals surface area contributed by atoms with Crippen LogP contribution in [0.2, 0.25) is 0 Å². The van der Waals surface area contributed by atoms with Gasteiger partial charge in [-0.3, -0.25) is 14.5 Å². The summed E-state index contributed by atoms with van der Waals surface area (Å²) in [5.41, 5.74) is 0. The van der Waals surface area contributed by atoms with Gasteiger partial charge in [-0.2, -0.15) is 0 Å². The second-order valence-electron chi connectivity index (χ2n) is 8.85. The number of rotatable bonds is 3. The molecule has 3 saturated heterocycles. The van der Waals surface area contributed by atoms with E-state index < -0.39 is 0 Å². The number of piperidine rings is 2. The molecule has 27 heavy (non-hydrogen) atoms. The fraction of sp³-hybridized carbons (Fsp3) is 0.905. The van der Waals surface area contributed by atoms with Crippen molar-refractivity contribution in [3.05, 3.63) is 0 Å². The lowest BCUT2D eigenvalue weighted by atomic mass is 9.78. The van der Waals surface area contributed by atoms with Crippen LogP contribution in [0.5, 0.6) is 0 Å². The van der Waals surface area contributed by atoms with Crippen LogP contribution in [0, 0.1) is 11.8 Å². The molecule has 0 spiro atoms. The maximum atomic E-state index is 13.1. The highest BCUT2D eigenvalue weighted by molar-refractivity contribution is 5.80. The van der Waals surface area contributed by atoms with E-state index in [4.69, 9.17) is 4.74 Å².